The monoisotopic (exact) mass is 275 g/mol. The van der Waals surface area contributed by atoms with Crippen LogP contribution in [0.2, 0.25) is 0 Å². The zero-order valence-corrected chi connectivity index (χ0v) is 13.5. The third-order valence-electron chi connectivity index (χ3n) is 4.26. The van der Waals surface area contributed by atoms with Gasteiger partial charge in [-0.1, -0.05) is 34.1 Å². The van der Waals surface area contributed by atoms with Crippen LogP contribution in [0.25, 0.3) is 0 Å². The van der Waals surface area contributed by atoms with Gasteiger partial charge in [0, 0.05) is 23.3 Å². The molecule has 0 bridgehead atoms. The van der Waals surface area contributed by atoms with Crippen molar-refractivity contribution in [1.82, 2.24) is 15.3 Å². The van der Waals surface area contributed by atoms with E-state index in [4.69, 9.17) is 9.97 Å². The first-order valence-corrected chi connectivity index (χ1v) is 8.27. The lowest BCUT2D eigenvalue weighted by Crippen LogP contribution is -2.26. The van der Waals surface area contributed by atoms with E-state index >= 15 is 0 Å². The molecule has 0 aliphatic heterocycles. The van der Waals surface area contributed by atoms with Crippen molar-refractivity contribution >= 4 is 0 Å². The molecule has 20 heavy (non-hydrogen) atoms. The van der Waals surface area contributed by atoms with Gasteiger partial charge in [-0.2, -0.15) is 0 Å². The molecular formula is C17H29N3. The number of nitrogens with zero attached hydrogens (tertiary/aromatic N) is 2. The van der Waals surface area contributed by atoms with Crippen LogP contribution in [0.4, 0.5) is 0 Å². The number of hydrogen-bond acceptors (Lipinski definition) is 3. The van der Waals surface area contributed by atoms with Crippen LogP contribution in [0, 0.1) is 0 Å². The van der Waals surface area contributed by atoms with Crippen LogP contribution in [-0.4, -0.2) is 22.6 Å². The Labute approximate surface area is 123 Å². The summed E-state index contributed by atoms with van der Waals surface area (Å²) in [6.07, 6.45) is 6.99. The Bertz CT molecular complexity index is 411. The van der Waals surface area contributed by atoms with Gasteiger partial charge in [0.15, 0.2) is 0 Å². The van der Waals surface area contributed by atoms with Gasteiger partial charge < -0.3 is 5.32 Å². The van der Waals surface area contributed by atoms with E-state index in [1.165, 1.54) is 36.2 Å². The van der Waals surface area contributed by atoms with E-state index in [1.54, 1.807) is 0 Å². The highest BCUT2D eigenvalue weighted by molar-refractivity contribution is 5.28. The van der Waals surface area contributed by atoms with Gasteiger partial charge >= 0.3 is 0 Å². The normalized spacial score (nSPS) is 15.7. The van der Waals surface area contributed by atoms with Gasteiger partial charge in [0.05, 0.1) is 0 Å². The molecule has 3 nitrogen and oxygen atoms in total. The summed E-state index contributed by atoms with van der Waals surface area (Å²) in [5.41, 5.74) is 3.96. The maximum Gasteiger partial charge on any atom is 0.131 e. The summed E-state index contributed by atoms with van der Waals surface area (Å²) in [7, 11) is 0. The molecule has 1 fully saturated rings. The minimum absolute atomic E-state index is 0.542. The van der Waals surface area contributed by atoms with Gasteiger partial charge in [0.2, 0.25) is 0 Å². The standard InChI is InChI=1S/C17H29N3/c1-5-15-14(10-11-18-12(3)4)16(6-2)20-17(19-15)13-8-7-9-13/h12-13,18H,5-11H2,1-4H3. The molecule has 3 heteroatoms. The first-order chi connectivity index (χ1) is 9.65. The van der Waals surface area contributed by atoms with Crippen LogP contribution in [0.1, 0.15) is 75.7 Å². The summed E-state index contributed by atoms with van der Waals surface area (Å²) in [6, 6.07) is 0.542. The fraction of sp³-hybridized carbons (Fsp3) is 0.765. The highest BCUT2D eigenvalue weighted by Crippen LogP contribution is 2.35. The van der Waals surface area contributed by atoms with Crippen molar-refractivity contribution in [2.24, 2.45) is 0 Å². The molecule has 112 valence electrons. The van der Waals surface area contributed by atoms with Crippen molar-refractivity contribution in [2.75, 3.05) is 6.54 Å². The summed E-state index contributed by atoms with van der Waals surface area (Å²) in [6.45, 7) is 9.83. The van der Waals surface area contributed by atoms with Crippen LogP contribution < -0.4 is 5.32 Å². The van der Waals surface area contributed by atoms with Crippen molar-refractivity contribution in [3.63, 3.8) is 0 Å². The molecule has 0 saturated heterocycles. The maximum absolute atomic E-state index is 4.88. The third-order valence-corrected chi connectivity index (χ3v) is 4.26. The highest BCUT2D eigenvalue weighted by atomic mass is 14.9. The summed E-state index contributed by atoms with van der Waals surface area (Å²) in [5, 5.41) is 3.50. The van der Waals surface area contributed by atoms with Crippen molar-refractivity contribution in [3.05, 3.63) is 22.8 Å². The van der Waals surface area contributed by atoms with E-state index < -0.39 is 0 Å². The number of nitrogens with one attached hydrogen (secondary N) is 1. The van der Waals surface area contributed by atoms with Crippen LogP contribution in [0.5, 0.6) is 0 Å². The SMILES string of the molecule is CCc1nc(C2CCC2)nc(CC)c1CCNC(C)C. The van der Waals surface area contributed by atoms with Crippen molar-refractivity contribution < 1.29 is 0 Å². The minimum atomic E-state index is 0.542. The zero-order chi connectivity index (χ0) is 14.5. The molecule has 2 rings (SSSR count). The molecule has 1 aromatic heterocycles. The Hall–Kier alpha value is -0.960. The van der Waals surface area contributed by atoms with E-state index in [0.29, 0.717) is 12.0 Å². The number of aryl methyl sites for hydroxylation is 2. The maximum atomic E-state index is 4.88. The lowest BCUT2D eigenvalue weighted by atomic mass is 9.84. The fourth-order valence-electron chi connectivity index (χ4n) is 2.81. The molecule has 0 amide bonds. The molecular weight excluding hydrogens is 246 g/mol. The largest absolute Gasteiger partial charge is 0.314 e. The van der Waals surface area contributed by atoms with E-state index in [-0.39, 0.29) is 0 Å². The second kappa shape index (κ2) is 7.16. The number of rotatable bonds is 7. The lowest BCUT2D eigenvalue weighted by Gasteiger charge is -2.25. The molecule has 1 aliphatic carbocycles. The predicted molar refractivity (Wildman–Crippen MR) is 84.2 cm³/mol. The van der Waals surface area contributed by atoms with Crippen molar-refractivity contribution in [2.45, 2.75) is 78.2 Å². The average molecular weight is 275 g/mol. The molecule has 1 heterocycles. The van der Waals surface area contributed by atoms with E-state index in [2.05, 4.69) is 33.0 Å². The predicted octanol–water partition coefficient (Wildman–Crippen LogP) is 3.41. The summed E-state index contributed by atoms with van der Waals surface area (Å²) in [5.74, 6) is 1.75. The molecule has 0 unspecified atom stereocenters. The Morgan fingerprint density at radius 1 is 1.10 bits per heavy atom. The van der Waals surface area contributed by atoms with Gasteiger partial charge in [-0.05, 0) is 44.2 Å². The quantitative estimate of drug-likeness (QED) is 0.828. The van der Waals surface area contributed by atoms with Crippen LogP contribution in [0.3, 0.4) is 0 Å². The Morgan fingerprint density at radius 3 is 2.10 bits per heavy atom. The highest BCUT2D eigenvalue weighted by Gasteiger charge is 2.24. The van der Waals surface area contributed by atoms with E-state index in [0.717, 1.165) is 31.6 Å². The second-order valence-corrected chi connectivity index (χ2v) is 6.15. The van der Waals surface area contributed by atoms with Gasteiger partial charge in [0.1, 0.15) is 5.82 Å². The van der Waals surface area contributed by atoms with E-state index in [1.807, 2.05) is 0 Å². The Balaban J connectivity index is 2.19. The summed E-state index contributed by atoms with van der Waals surface area (Å²) in [4.78, 5) is 9.76. The van der Waals surface area contributed by atoms with Crippen molar-refractivity contribution in [1.29, 1.82) is 0 Å². The molecule has 0 radical (unpaired) electrons. The first-order valence-electron chi connectivity index (χ1n) is 8.27. The molecule has 1 saturated carbocycles. The van der Waals surface area contributed by atoms with Crippen LogP contribution >= 0.6 is 0 Å². The number of hydrogen-bond donors (Lipinski definition) is 1. The van der Waals surface area contributed by atoms with Gasteiger partial charge in [0.25, 0.3) is 0 Å². The Morgan fingerprint density at radius 2 is 1.70 bits per heavy atom. The molecule has 0 atom stereocenters. The average Bonchev–Trinajstić information content (AvgIpc) is 2.37. The summed E-state index contributed by atoms with van der Waals surface area (Å²) < 4.78 is 0. The number of aromatic nitrogens is 2. The first kappa shape index (κ1) is 15.4. The van der Waals surface area contributed by atoms with Gasteiger partial charge in [-0.15, -0.1) is 0 Å². The fourth-order valence-corrected chi connectivity index (χ4v) is 2.81. The third kappa shape index (κ3) is 3.57. The molecule has 0 spiro atoms. The smallest absolute Gasteiger partial charge is 0.131 e. The van der Waals surface area contributed by atoms with Crippen molar-refractivity contribution in [3.8, 4) is 0 Å². The van der Waals surface area contributed by atoms with Crippen LogP contribution in [0.15, 0.2) is 0 Å². The topological polar surface area (TPSA) is 37.8 Å². The molecule has 1 aliphatic rings. The second-order valence-electron chi connectivity index (χ2n) is 6.15. The zero-order valence-electron chi connectivity index (χ0n) is 13.5. The van der Waals surface area contributed by atoms with E-state index in [9.17, 15) is 0 Å². The molecule has 1 N–H and O–H groups in total. The van der Waals surface area contributed by atoms with Gasteiger partial charge in [-0.3, -0.25) is 0 Å². The Kier molecular flexibility index (Phi) is 5.53. The lowest BCUT2D eigenvalue weighted by molar-refractivity contribution is 0.398. The molecule has 1 aromatic rings. The van der Waals surface area contributed by atoms with Gasteiger partial charge in [-0.25, -0.2) is 9.97 Å². The van der Waals surface area contributed by atoms with Crippen LogP contribution in [-0.2, 0) is 19.3 Å². The summed E-state index contributed by atoms with van der Waals surface area (Å²) >= 11 is 0. The molecule has 0 aromatic carbocycles. The minimum Gasteiger partial charge on any atom is -0.314 e.